The van der Waals surface area contributed by atoms with Gasteiger partial charge in [0.2, 0.25) is 0 Å². The molecule has 606 valence electrons. The van der Waals surface area contributed by atoms with Crippen LogP contribution in [0.3, 0.4) is 0 Å². The lowest BCUT2D eigenvalue weighted by molar-refractivity contribution is -0.298. The Labute approximate surface area is 629 Å². The highest BCUT2D eigenvalue weighted by Gasteiger charge is 2.62. The Morgan fingerprint density at radius 3 is 1.54 bits per heavy atom. The van der Waals surface area contributed by atoms with E-state index in [9.17, 15) is 52.7 Å². The minimum absolute atomic E-state index is 0.0357. The van der Waals surface area contributed by atoms with E-state index < -0.39 is 185 Å². The van der Waals surface area contributed by atoms with Gasteiger partial charge in [-0.3, -0.25) is 48.1 Å². The molecule has 6 aliphatic heterocycles. The van der Waals surface area contributed by atoms with Crippen molar-refractivity contribution < 1.29 is 114 Å². The Balaban J connectivity index is 0.000000367. The van der Waals surface area contributed by atoms with Gasteiger partial charge in [0.05, 0.1) is 59.7 Å². The zero-order valence-electron chi connectivity index (χ0n) is 67.0. The molecule has 107 heavy (non-hydrogen) atoms. The first kappa shape index (κ1) is 90.9. The van der Waals surface area contributed by atoms with Crippen molar-refractivity contribution in [3.05, 3.63) is 30.4 Å². The number of Topliss-reactive ketones (excluding diaryl/α,β-unsaturated/α-hetero) is 4. The van der Waals surface area contributed by atoms with Gasteiger partial charge in [-0.25, -0.2) is 19.1 Å². The molecule has 0 bridgehead atoms. The molecule has 5 N–H and O–H groups in total. The van der Waals surface area contributed by atoms with Gasteiger partial charge in [0.15, 0.2) is 53.3 Å². The van der Waals surface area contributed by atoms with Crippen molar-refractivity contribution in [1.82, 2.24) is 29.6 Å². The minimum atomic E-state index is -1.80. The molecule has 32 heteroatoms. The summed E-state index contributed by atoms with van der Waals surface area (Å²) in [5, 5.41) is 3.31. The average Bonchev–Trinajstić information content (AvgIpc) is 1.33. The monoisotopic (exact) mass is 1520 g/mol. The number of likely N-dealkylation sites (N-methyl/N-ethyl adjacent to an activating group) is 2. The van der Waals surface area contributed by atoms with E-state index >= 15 is 0 Å². The standard InChI is InChI=1S/C38H57N3O13.C35H57N3O11.C2H8N2/c1-13-29-37(8,54-36(47)41-15-14-39-20-41)18-27(19-49-25(6)42)30(44)21(2)17-38(9,48-12)33(23(4)31(45)24(5)34(46)52-29)53-35-32(51-26(7)43)28(40(10)11)16-22(3)50-35;1-12-25-35(8)29-23(17-36-13-14-38(29)33(43)49-35)26(40)18(2)16-34(7,44-11)30(20(4)27(41)21(5)31(42)47-25)48-32-28(46-22(6)39)24(37(9)10)15-19(3)45-32;3-1-2-4/h14-15,18,20-24,28-29,32-33,35H,13,16-17,19H2,1-12H3;18-21,23-25,28-30,32,36H,12-17H2,1-11H3;1-4H2/b27-18+;;/t21-,22-,23+,24-,28+,29-,32-,33-,35+,37+,38+;18-,19-,20+,21-,23?,24+,25-,28-,29?,30-,32+,34+,35-;/m11./s1. The van der Waals surface area contributed by atoms with E-state index in [4.69, 9.17) is 73.0 Å². The molecule has 5 saturated heterocycles. The van der Waals surface area contributed by atoms with E-state index in [1.165, 1.54) is 80.6 Å². The number of ether oxygens (including phenoxy) is 13. The molecule has 1 aromatic heterocycles. The highest BCUT2D eigenvalue weighted by molar-refractivity contribution is 6.01. The molecular weight excluding hydrogens is 1400 g/mol. The van der Waals surface area contributed by atoms with E-state index in [-0.39, 0.29) is 61.3 Å². The second-order valence-corrected chi connectivity index (χ2v) is 30.5. The van der Waals surface area contributed by atoms with Gasteiger partial charge in [-0.15, -0.1) is 0 Å². The van der Waals surface area contributed by atoms with Crippen molar-refractivity contribution in [2.45, 2.75) is 258 Å². The van der Waals surface area contributed by atoms with Gasteiger partial charge in [-0.2, -0.15) is 0 Å². The Kier molecular flexibility index (Phi) is 33.4. The first-order chi connectivity index (χ1) is 50.0. The Hall–Kier alpha value is -6.72. The number of carbonyl (C=O) groups is 11. The number of nitrogens with one attached hydrogen (secondary N) is 1. The number of methoxy groups -OCH3 is 2. The molecule has 1 aromatic rings. The number of nitrogens with two attached hydrogens (primary N) is 2. The molecule has 24 atom stereocenters. The minimum Gasteiger partial charge on any atom is -0.461 e. The lowest BCUT2D eigenvalue weighted by Crippen LogP contribution is -2.61. The molecule has 6 aliphatic rings. The van der Waals surface area contributed by atoms with Crippen molar-refractivity contribution in [2.24, 2.45) is 52.9 Å². The summed E-state index contributed by atoms with van der Waals surface area (Å²) in [5.41, 5.74) is 3.95. The van der Waals surface area contributed by atoms with E-state index in [1.54, 1.807) is 53.4 Å². The maximum atomic E-state index is 14.6. The van der Waals surface area contributed by atoms with Crippen LogP contribution < -0.4 is 16.8 Å². The summed E-state index contributed by atoms with van der Waals surface area (Å²) < 4.78 is 80.0. The van der Waals surface area contributed by atoms with Crippen molar-refractivity contribution in [1.29, 1.82) is 0 Å². The van der Waals surface area contributed by atoms with Gasteiger partial charge < -0.3 is 88.2 Å². The maximum absolute atomic E-state index is 14.6. The first-order valence-corrected chi connectivity index (χ1v) is 37.1. The first-order valence-electron chi connectivity index (χ1n) is 37.1. The smallest absolute Gasteiger partial charge is 0.420 e. The van der Waals surface area contributed by atoms with Crippen molar-refractivity contribution >= 4 is 65.2 Å². The Morgan fingerprint density at radius 2 is 1.13 bits per heavy atom. The van der Waals surface area contributed by atoms with Crippen LogP contribution in [0.5, 0.6) is 0 Å². The molecule has 0 spiro atoms. The third kappa shape index (κ3) is 22.1. The van der Waals surface area contributed by atoms with Gasteiger partial charge in [0, 0.05) is 109 Å². The van der Waals surface area contributed by atoms with E-state index in [0.29, 0.717) is 45.6 Å². The van der Waals surface area contributed by atoms with Crippen LogP contribution in [0.4, 0.5) is 9.59 Å². The van der Waals surface area contributed by atoms with Crippen LogP contribution in [-0.2, 0) is 105 Å². The Bertz CT molecular complexity index is 3260. The summed E-state index contributed by atoms with van der Waals surface area (Å²) in [5.74, 6) is -11.8. The highest BCUT2D eigenvalue weighted by atomic mass is 16.7. The zero-order chi connectivity index (χ0) is 80.7. The fourth-order valence-corrected chi connectivity index (χ4v) is 15.7. The number of amides is 1. The van der Waals surface area contributed by atoms with E-state index in [2.05, 4.69) is 10.3 Å². The SMILES string of the molecule is CC[C@H]1OC(=O)[C@H](C)C(=O)[C@H](C)[C@@H](O[C@@H]2O[C@H](C)C[C@H](N(C)C)[C@H]2OC(C)=O)[C@@](C)(OC)C[C@@H](C)C(=O)/C(COC(C)=O)=C/[C@]1(C)OC(=O)n1ccnc1.CC[C@H]1OC(=O)[C@H](C)C(=O)[C@H](C)[C@@H](O[C@@H]2O[C@H](C)C[C@H](N(C)C)[C@H]2OC(C)=O)[C@@](C)(OC)C[C@@H](C)C(=O)C2CNCCN3C(=O)O[C@@]1(C)C23.NCCN. The van der Waals surface area contributed by atoms with Crippen LogP contribution in [0.15, 0.2) is 30.4 Å². The molecule has 5 fully saturated rings. The number of carbonyl (C=O) groups excluding carboxylic acids is 11. The quantitative estimate of drug-likeness (QED) is 0.112. The lowest BCUT2D eigenvalue weighted by Gasteiger charge is -2.47. The summed E-state index contributed by atoms with van der Waals surface area (Å²) in [6.07, 6.45) is -3.58. The normalized spacial score (nSPS) is 37.6. The van der Waals surface area contributed by atoms with Gasteiger partial charge in [-0.05, 0) is 128 Å². The number of esters is 5. The number of cyclic esters (lactones) is 2. The average molecular weight is 1520 g/mol. The summed E-state index contributed by atoms with van der Waals surface area (Å²) >= 11 is 0. The number of hydrogen-bond acceptors (Lipinski definition) is 30. The third-order valence-electron chi connectivity index (χ3n) is 21.6. The van der Waals surface area contributed by atoms with Gasteiger partial charge in [0.25, 0.3) is 0 Å². The maximum Gasteiger partial charge on any atom is 0.420 e. The zero-order valence-corrected chi connectivity index (χ0v) is 67.0. The van der Waals surface area contributed by atoms with Gasteiger partial charge in [-0.1, -0.05) is 41.5 Å². The predicted molar refractivity (Wildman–Crippen MR) is 386 cm³/mol. The topological polar surface area (TPSA) is 399 Å². The summed E-state index contributed by atoms with van der Waals surface area (Å²) in [7, 11) is 10.4. The van der Waals surface area contributed by atoms with Crippen molar-refractivity contribution in [3.63, 3.8) is 0 Å². The van der Waals surface area contributed by atoms with Crippen LogP contribution in [0.25, 0.3) is 0 Å². The van der Waals surface area contributed by atoms with Crippen molar-refractivity contribution in [2.75, 3.05) is 81.7 Å². The van der Waals surface area contributed by atoms with Crippen molar-refractivity contribution in [3.8, 4) is 0 Å². The fourth-order valence-electron chi connectivity index (χ4n) is 15.7. The number of rotatable bonds is 16. The number of nitrogens with zero attached hydrogens (tertiary/aromatic N) is 5. The molecule has 0 saturated carbocycles. The molecule has 7 heterocycles. The largest absolute Gasteiger partial charge is 0.461 e. The van der Waals surface area contributed by atoms with E-state index in [1.807, 2.05) is 65.7 Å². The number of aromatic nitrogens is 2. The summed E-state index contributed by atoms with van der Waals surface area (Å²) in [4.78, 5) is 158. The summed E-state index contributed by atoms with van der Waals surface area (Å²) in [6, 6.07) is -1.29. The summed E-state index contributed by atoms with van der Waals surface area (Å²) in [6.45, 7) is 29.0. The molecule has 0 aromatic carbocycles. The number of hydrogen-bond donors (Lipinski definition) is 3. The molecule has 32 nitrogen and oxygen atoms in total. The van der Waals surface area contributed by atoms with Crippen LogP contribution >= 0.6 is 0 Å². The Morgan fingerprint density at radius 1 is 0.664 bits per heavy atom. The van der Waals surface area contributed by atoms with E-state index in [0.717, 1.165) is 4.57 Å². The molecular formula is C75H122N8O24. The molecule has 7 rings (SSSR count). The second kappa shape index (κ2) is 39.3. The fraction of sp³-hybridized carbons (Fsp3) is 0.787. The van der Waals surface area contributed by atoms with Crippen LogP contribution in [0.2, 0.25) is 0 Å². The molecule has 2 unspecified atom stereocenters. The molecule has 0 aliphatic carbocycles. The molecule has 1 amide bonds. The van der Waals surface area contributed by atoms with Crippen LogP contribution in [0, 0.1) is 41.4 Å². The number of ketones is 4. The van der Waals surface area contributed by atoms with Crippen LogP contribution in [0.1, 0.15) is 156 Å². The second-order valence-electron chi connectivity index (χ2n) is 30.5. The van der Waals surface area contributed by atoms with Gasteiger partial charge >= 0.3 is 42.0 Å². The highest BCUT2D eigenvalue weighted by Crippen LogP contribution is 2.45. The third-order valence-corrected chi connectivity index (χ3v) is 21.6. The molecule has 0 radical (unpaired) electrons. The predicted octanol–water partition coefficient (Wildman–Crippen LogP) is 4.92. The lowest BCUT2D eigenvalue weighted by atomic mass is 9.73. The van der Waals surface area contributed by atoms with Gasteiger partial charge in [0.1, 0.15) is 42.8 Å². The number of imidazole rings is 1. The van der Waals surface area contributed by atoms with Crippen LogP contribution in [-0.4, -0.2) is 273 Å².